The predicted octanol–water partition coefficient (Wildman–Crippen LogP) is 4.21. The summed E-state index contributed by atoms with van der Waals surface area (Å²) >= 11 is 3.16. The quantitative estimate of drug-likeness (QED) is 0.832. The number of phenols is 1. The SMILES string of the molecule is Cc1cc(NCc2ccc(F)c(Br)c2)ccc1O. The summed E-state index contributed by atoms with van der Waals surface area (Å²) in [7, 11) is 0. The van der Waals surface area contributed by atoms with E-state index in [0.717, 1.165) is 16.8 Å². The normalized spacial score (nSPS) is 10.4. The fourth-order valence-electron chi connectivity index (χ4n) is 1.62. The number of rotatable bonds is 3. The van der Waals surface area contributed by atoms with Crippen molar-refractivity contribution in [1.82, 2.24) is 0 Å². The molecular formula is C14H13BrFNO. The summed E-state index contributed by atoms with van der Waals surface area (Å²) in [4.78, 5) is 0. The molecule has 0 aromatic heterocycles. The number of aromatic hydroxyl groups is 1. The Hall–Kier alpha value is -1.55. The van der Waals surface area contributed by atoms with Crippen LogP contribution in [0.1, 0.15) is 11.1 Å². The minimum Gasteiger partial charge on any atom is -0.508 e. The van der Waals surface area contributed by atoms with Gasteiger partial charge in [0.25, 0.3) is 0 Å². The van der Waals surface area contributed by atoms with Crippen molar-refractivity contribution in [3.63, 3.8) is 0 Å². The Bertz CT molecular complexity index is 520. The maximum absolute atomic E-state index is 13.1. The molecule has 2 aromatic carbocycles. The largest absolute Gasteiger partial charge is 0.508 e. The van der Waals surface area contributed by atoms with E-state index in [1.807, 2.05) is 13.0 Å². The van der Waals surface area contributed by atoms with Crippen LogP contribution in [0.4, 0.5) is 10.1 Å². The van der Waals surface area contributed by atoms with Gasteiger partial charge in [-0.3, -0.25) is 0 Å². The zero-order chi connectivity index (χ0) is 13.1. The predicted molar refractivity (Wildman–Crippen MR) is 74.3 cm³/mol. The Kier molecular flexibility index (Phi) is 3.87. The molecule has 0 saturated heterocycles. The van der Waals surface area contributed by atoms with E-state index >= 15 is 0 Å². The third kappa shape index (κ3) is 3.01. The Morgan fingerprint density at radius 1 is 1.22 bits per heavy atom. The first-order valence-corrected chi connectivity index (χ1v) is 6.33. The van der Waals surface area contributed by atoms with Gasteiger partial charge in [0.15, 0.2) is 0 Å². The third-order valence-electron chi connectivity index (χ3n) is 2.68. The number of hydrogen-bond donors (Lipinski definition) is 2. The minimum atomic E-state index is -0.265. The van der Waals surface area contributed by atoms with Crippen molar-refractivity contribution in [3.8, 4) is 5.75 Å². The van der Waals surface area contributed by atoms with E-state index in [9.17, 15) is 9.50 Å². The first-order chi connectivity index (χ1) is 8.56. The van der Waals surface area contributed by atoms with Crippen LogP contribution in [0.2, 0.25) is 0 Å². The summed E-state index contributed by atoms with van der Waals surface area (Å²) in [5.41, 5.74) is 2.72. The maximum atomic E-state index is 13.1. The molecule has 2 aromatic rings. The number of halogens is 2. The van der Waals surface area contributed by atoms with Gasteiger partial charge in [-0.15, -0.1) is 0 Å². The van der Waals surface area contributed by atoms with E-state index in [0.29, 0.717) is 11.0 Å². The van der Waals surface area contributed by atoms with Gasteiger partial charge in [0.05, 0.1) is 4.47 Å². The Morgan fingerprint density at radius 2 is 2.00 bits per heavy atom. The molecule has 0 aliphatic heterocycles. The molecule has 18 heavy (non-hydrogen) atoms. The lowest BCUT2D eigenvalue weighted by atomic mass is 10.2. The van der Waals surface area contributed by atoms with Gasteiger partial charge in [-0.1, -0.05) is 6.07 Å². The molecule has 0 spiro atoms. The van der Waals surface area contributed by atoms with Crippen molar-refractivity contribution < 1.29 is 9.50 Å². The van der Waals surface area contributed by atoms with Crippen molar-refractivity contribution in [3.05, 3.63) is 57.8 Å². The molecule has 0 radical (unpaired) electrons. The highest BCUT2D eigenvalue weighted by atomic mass is 79.9. The van der Waals surface area contributed by atoms with Gasteiger partial charge >= 0.3 is 0 Å². The second-order valence-electron chi connectivity index (χ2n) is 4.10. The second-order valence-corrected chi connectivity index (χ2v) is 4.96. The summed E-state index contributed by atoms with van der Waals surface area (Å²) in [6.07, 6.45) is 0. The summed E-state index contributed by atoms with van der Waals surface area (Å²) in [5.74, 6) is 0.0179. The second kappa shape index (κ2) is 5.40. The Morgan fingerprint density at radius 3 is 2.67 bits per heavy atom. The molecule has 0 heterocycles. The number of aryl methyl sites for hydroxylation is 1. The van der Waals surface area contributed by atoms with Gasteiger partial charge < -0.3 is 10.4 Å². The van der Waals surface area contributed by atoms with E-state index in [1.54, 1.807) is 24.3 Å². The molecule has 2 nitrogen and oxygen atoms in total. The molecule has 4 heteroatoms. The van der Waals surface area contributed by atoms with E-state index in [4.69, 9.17) is 0 Å². The molecular weight excluding hydrogens is 297 g/mol. The van der Waals surface area contributed by atoms with Crippen molar-refractivity contribution in [1.29, 1.82) is 0 Å². The maximum Gasteiger partial charge on any atom is 0.137 e. The van der Waals surface area contributed by atoms with Crippen LogP contribution in [0.5, 0.6) is 5.75 Å². The van der Waals surface area contributed by atoms with Gasteiger partial charge in [-0.25, -0.2) is 4.39 Å². The smallest absolute Gasteiger partial charge is 0.137 e. The van der Waals surface area contributed by atoms with E-state index < -0.39 is 0 Å². The topological polar surface area (TPSA) is 32.3 Å². The average molecular weight is 310 g/mol. The number of hydrogen-bond acceptors (Lipinski definition) is 2. The number of phenolic OH excluding ortho intramolecular Hbond substituents is 1. The standard InChI is InChI=1S/C14H13BrFNO/c1-9-6-11(3-5-14(9)18)17-8-10-2-4-13(16)12(15)7-10/h2-7,17-18H,8H2,1H3. The number of anilines is 1. The van der Waals surface area contributed by atoms with E-state index in [-0.39, 0.29) is 11.6 Å². The molecule has 0 unspecified atom stereocenters. The van der Waals surface area contributed by atoms with Gasteiger partial charge in [0.1, 0.15) is 11.6 Å². The minimum absolute atomic E-state index is 0.265. The zero-order valence-corrected chi connectivity index (χ0v) is 11.5. The van der Waals surface area contributed by atoms with Crippen molar-refractivity contribution in [2.75, 3.05) is 5.32 Å². The fourth-order valence-corrected chi connectivity index (χ4v) is 2.05. The highest BCUT2D eigenvalue weighted by Crippen LogP contribution is 2.21. The summed E-state index contributed by atoms with van der Waals surface area (Å²) < 4.78 is 13.5. The number of nitrogens with one attached hydrogen (secondary N) is 1. The molecule has 0 amide bonds. The van der Waals surface area contributed by atoms with E-state index in [2.05, 4.69) is 21.2 Å². The molecule has 0 fully saturated rings. The van der Waals surface area contributed by atoms with Crippen LogP contribution in [0, 0.1) is 12.7 Å². The Labute approximate surface area is 114 Å². The van der Waals surface area contributed by atoms with Crippen LogP contribution in [0.25, 0.3) is 0 Å². The van der Waals surface area contributed by atoms with Crippen LogP contribution >= 0.6 is 15.9 Å². The zero-order valence-electron chi connectivity index (χ0n) is 9.87. The molecule has 0 aliphatic rings. The average Bonchev–Trinajstić information content (AvgIpc) is 2.35. The molecule has 0 saturated carbocycles. The molecule has 2 rings (SSSR count). The van der Waals surface area contributed by atoms with Crippen LogP contribution in [-0.2, 0) is 6.54 Å². The fraction of sp³-hybridized carbons (Fsp3) is 0.143. The highest BCUT2D eigenvalue weighted by molar-refractivity contribution is 9.10. The molecule has 0 aliphatic carbocycles. The summed E-state index contributed by atoms with van der Waals surface area (Å²) in [6, 6.07) is 10.2. The summed E-state index contributed by atoms with van der Waals surface area (Å²) in [5, 5.41) is 12.6. The van der Waals surface area contributed by atoms with Gasteiger partial charge in [-0.2, -0.15) is 0 Å². The molecule has 0 atom stereocenters. The van der Waals surface area contributed by atoms with Gasteiger partial charge in [0.2, 0.25) is 0 Å². The summed E-state index contributed by atoms with van der Waals surface area (Å²) in [6.45, 7) is 2.44. The molecule has 2 N–H and O–H groups in total. The monoisotopic (exact) mass is 309 g/mol. The lowest BCUT2D eigenvalue weighted by Gasteiger charge is -2.08. The first kappa shape index (κ1) is 12.9. The van der Waals surface area contributed by atoms with Crippen LogP contribution in [0.3, 0.4) is 0 Å². The van der Waals surface area contributed by atoms with Crippen molar-refractivity contribution in [2.24, 2.45) is 0 Å². The Balaban J connectivity index is 2.06. The first-order valence-electron chi connectivity index (χ1n) is 5.53. The molecule has 0 bridgehead atoms. The van der Waals surface area contributed by atoms with Crippen LogP contribution in [-0.4, -0.2) is 5.11 Å². The van der Waals surface area contributed by atoms with Gasteiger partial charge in [-0.05, 0) is 64.3 Å². The molecule has 94 valence electrons. The van der Waals surface area contributed by atoms with Crippen LogP contribution < -0.4 is 5.32 Å². The van der Waals surface area contributed by atoms with Crippen LogP contribution in [0.15, 0.2) is 40.9 Å². The van der Waals surface area contributed by atoms with Crippen molar-refractivity contribution in [2.45, 2.75) is 13.5 Å². The number of benzene rings is 2. The third-order valence-corrected chi connectivity index (χ3v) is 3.29. The lowest BCUT2D eigenvalue weighted by Crippen LogP contribution is -1.99. The highest BCUT2D eigenvalue weighted by Gasteiger charge is 2.01. The lowest BCUT2D eigenvalue weighted by molar-refractivity contribution is 0.471. The van der Waals surface area contributed by atoms with Gasteiger partial charge in [0, 0.05) is 12.2 Å². The van der Waals surface area contributed by atoms with Crippen molar-refractivity contribution >= 4 is 21.6 Å². The van der Waals surface area contributed by atoms with E-state index in [1.165, 1.54) is 6.07 Å².